The number of fused-ring (bicyclic) bond motifs is 8. The van der Waals surface area contributed by atoms with E-state index in [9.17, 15) is 9.90 Å². The van der Waals surface area contributed by atoms with Crippen molar-refractivity contribution in [1.29, 1.82) is 0 Å². The molecular weight excluding hydrogens is 775 g/mol. The van der Waals surface area contributed by atoms with Crippen molar-refractivity contribution in [2.45, 2.75) is 54.5 Å². The van der Waals surface area contributed by atoms with E-state index >= 15 is 0 Å². The van der Waals surface area contributed by atoms with Gasteiger partial charge in [0.2, 0.25) is 0 Å². The van der Waals surface area contributed by atoms with Gasteiger partial charge >= 0.3 is 5.97 Å². The Morgan fingerprint density at radius 3 is 2.65 bits per heavy atom. The topological polar surface area (TPSA) is 99.6 Å². The van der Waals surface area contributed by atoms with Gasteiger partial charge in [-0.25, -0.2) is 4.79 Å². The van der Waals surface area contributed by atoms with Crippen molar-refractivity contribution in [3.8, 4) is 16.9 Å². The number of alkyl halides is 1. The summed E-state index contributed by atoms with van der Waals surface area (Å²) in [6.45, 7) is 4.11. The minimum absolute atomic E-state index is 0.0250. The number of esters is 1. The van der Waals surface area contributed by atoms with Crippen LogP contribution in [-0.4, -0.2) is 67.5 Å². The number of methoxy groups -OCH3 is 1. The summed E-state index contributed by atoms with van der Waals surface area (Å²) in [6, 6.07) is 19.2. The Morgan fingerprint density at radius 1 is 1.04 bits per heavy atom. The summed E-state index contributed by atoms with van der Waals surface area (Å²) in [5, 5.41) is 23.2. The Balaban J connectivity index is 1.41. The molecule has 10 nitrogen and oxygen atoms in total. The van der Waals surface area contributed by atoms with Crippen LogP contribution in [0.5, 0.6) is 5.75 Å². The minimum Gasteiger partial charge on any atom is -0.493 e. The molecule has 0 atom stereocenters. The van der Waals surface area contributed by atoms with Gasteiger partial charge in [0, 0.05) is 69.9 Å². The predicted octanol–water partition coefficient (Wildman–Crippen LogP) is 7.20. The average Bonchev–Trinajstić information content (AvgIpc) is 3.73. The largest absolute Gasteiger partial charge is 0.493 e. The fraction of sp³-hybridized carbons (Fsp3) is 0.359. The highest BCUT2D eigenvalue weighted by Crippen LogP contribution is 2.42. The fourth-order valence-electron chi connectivity index (χ4n) is 7.47. The quantitative estimate of drug-likeness (QED) is 0.113. The predicted molar refractivity (Wildman–Crippen MR) is 211 cm³/mol. The molecule has 0 aliphatic carbocycles. The van der Waals surface area contributed by atoms with Crippen LogP contribution >= 0.6 is 34.4 Å². The molecule has 7 rings (SSSR count). The molecule has 1 aliphatic rings. The van der Waals surface area contributed by atoms with Gasteiger partial charge in [0.1, 0.15) is 11.4 Å². The van der Waals surface area contributed by atoms with Crippen LogP contribution in [0.3, 0.4) is 0 Å². The summed E-state index contributed by atoms with van der Waals surface area (Å²) in [4.78, 5) is 16.9. The molecule has 8 bridgehead atoms. The second kappa shape index (κ2) is 15.0. The van der Waals surface area contributed by atoms with Crippen molar-refractivity contribution in [2.24, 2.45) is 14.1 Å². The van der Waals surface area contributed by atoms with Crippen molar-refractivity contribution in [1.82, 2.24) is 29.0 Å². The Morgan fingerprint density at radius 2 is 1.86 bits per heavy atom. The molecular formula is C39H43IN6O4S. The summed E-state index contributed by atoms with van der Waals surface area (Å²) in [5.74, 6) is 1.27. The highest BCUT2D eigenvalue weighted by Gasteiger charge is 2.28. The highest BCUT2D eigenvalue weighted by molar-refractivity contribution is 14.1. The third-order valence-electron chi connectivity index (χ3n) is 9.75. The standard InChI is InChI=1S/C39H43IN6O4S/c1-24-35-33(46(41-24)14-15-47)22-43(2)21-27-18-28(45(4)42-27)23-51-29-17-25-9-6-7-10-30(25)34(19-29)50-16-8-11-31-32-13-12-26(20-40)36(35)37(32)44(3)38(31)39(48)49-5/h6-7,9-10,12-13,17-19,47H,8,11,14-16,20-23H2,1-5H3. The zero-order chi connectivity index (χ0) is 35.8. The van der Waals surface area contributed by atoms with E-state index in [0.29, 0.717) is 44.8 Å². The van der Waals surface area contributed by atoms with Crippen LogP contribution in [0, 0.1) is 6.92 Å². The number of aryl methyl sites for hydroxylation is 4. The first-order valence-corrected chi connectivity index (χ1v) is 19.7. The van der Waals surface area contributed by atoms with E-state index in [1.807, 2.05) is 41.0 Å². The van der Waals surface area contributed by atoms with Crippen LogP contribution in [0.4, 0.5) is 0 Å². The van der Waals surface area contributed by atoms with E-state index in [4.69, 9.17) is 19.7 Å². The highest BCUT2D eigenvalue weighted by atomic mass is 127. The van der Waals surface area contributed by atoms with Gasteiger partial charge in [-0.2, -0.15) is 10.2 Å². The molecule has 3 aromatic carbocycles. The third kappa shape index (κ3) is 6.78. The maximum absolute atomic E-state index is 13.5. The monoisotopic (exact) mass is 818 g/mol. The molecule has 0 fully saturated rings. The number of thioether (sulfide) groups is 1. The summed E-state index contributed by atoms with van der Waals surface area (Å²) in [6.07, 6.45) is 1.34. The Kier molecular flexibility index (Phi) is 10.5. The molecule has 1 aliphatic heterocycles. The number of carbonyl (C=O) groups is 1. The number of aliphatic hydroxyl groups excluding tert-OH is 1. The van der Waals surface area contributed by atoms with Gasteiger partial charge in [0.25, 0.3) is 0 Å². The second-order valence-corrected chi connectivity index (χ2v) is 15.0. The lowest BCUT2D eigenvalue weighted by Crippen LogP contribution is -2.21. The minimum atomic E-state index is -0.362. The molecule has 4 heterocycles. The molecule has 0 spiro atoms. The van der Waals surface area contributed by atoms with Crippen molar-refractivity contribution in [3.05, 3.63) is 94.2 Å². The molecule has 0 amide bonds. The molecule has 6 aromatic rings. The zero-order valence-electron chi connectivity index (χ0n) is 29.7. The van der Waals surface area contributed by atoms with Crippen LogP contribution < -0.4 is 4.74 Å². The molecule has 51 heavy (non-hydrogen) atoms. The number of carbonyl (C=O) groups excluding carboxylic acids is 1. The van der Waals surface area contributed by atoms with Crippen molar-refractivity contribution in [3.63, 3.8) is 0 Å². The molecule has 0 unspecified atom stereocenters. The van der Waals surface area contributed by atoms with E-state index in [1.54, 1.807) is 11.8 Å². The van der Waals surface area contributed by atoms with Gasteiger partial charge in [-0.3, -0.25) is 14.3 Å². The number of hydrogen-bond donors (Lipinski definition) is 1. The maximum atomic E-state index is 13.5. The molecule has 0 saturated heterocycles. The SMILES string of the molecule is COC(=O)c1c2c3ccc(CI)c(c3n1C)-c1c(C)nn(CCO)c1CN(C)Cc1cc(n(C)n1)CSc1cc(c3ccccc3c1)OCCC2. The Bertz CT molecular complexity index is 2260. The molecule has 3 aromatic heterocycles. The third-order valence-corrected chi connectivity index (χ3v) is 11.6. The van der Waals surface area contributed by atoms with Crippen LogP contribution in [0.25, 0.3) is 32.8 Å². The Labute approximate surface area is 315 Å². The molecule has 266 valence electrons. The van der Waals surface area contributed by atoms with Crippen molar-refractivity contribution < 1.29 is 19.4 Å². The van der Waals surface area contributed by atoms with Gasteiger partial charge in [-0.1, -0.05) is 59.0 Å². The van der Waals surface area contributed by atoms with Gasteiger partial charge in [-0.05, 0) is 61.5 Å². The fourth-order valence-corrected chi connectivity index (χ4v) is 9.09. The first-order chi connectivity index (χ1) is 24.7. The molecule has 0 radical (unpaired) electrons. The zero-order valence-corrected chi connectivity index (χ0v) is 32.7. The number of halogens is 1. The summed E-state index contributed by atoms with van der Waals surface area (Å²) in [5.41, 5.74) is 9.77. The van der Waals surface area contributed by atoms with Gasteiger partial charge in [0.05, 0.1) is 49.5 Å². The molecule has 1 N–H and O–H groups in total. The van der Waals surface area contributed by atoms with E-state index in [-0.39, 0.29) is 12.6 Å². The van der Waals surface area contributed by atoms with E-state index < -0.39 is 0 Å². The number of rotatable bonds is 4. The number of aliphatic hydroxyl groups is 1. The van der Waals surface area contributed by atoms with E-state index in [1.165, 1.54) is 7.11 Å². The van der Waals surface area contributed by atoms with Gasteiger partial charge in [0.15, 0.2) is 0 Å². The van der Waals surface area contributed by atoms with Crippen molar-refractivity contribution in [2.75, 3.05) is 27.4 Å². The number of benzene rings is 3. The van der Waals surface area contributed by atoms with Crippen molar-refractivity contribution >= 4 is 62.0 Å². The second-order valence-electron chi connectivity index (χ2n) is 13.2. The van der Waals surface area contributed by atoms with Gasteiger partial charge in [-0.15, -0.1) is 11.8 Å². The number of nitrogens with zero attached hydrogens (tertiary/aromatic N) is 6. The van der Waals surface area contributed by atoms with E-state index in [0.717, 1.165) is 87.5 Å². The lowest BCUT2D eigenvalue weighted by Gasteiger charge is -2.19. The first-order valence-electron chi connectivity index (χ1n) is 17.2. The summed E-state index contributed by atoms with van der Waals surface area (Å²) in [7, 11) is 7.51. The normalized spacial score (nSPS) is 14.4. The lowest BCUT2D eigenvalue weighted by molar-refractivity contribution is 0.0589. The number of ether oxygens (including phenoxy) is 2. The van der Waals surface area contributed by atoms with Crippen LogP contribution in [0.2, 0.25) is 0 Å². The Hall–Kier alpha value is -3.85. The number of hydrogen-bond acceptors (Lipinski definition) is 8. The summed E-state index contributed by atoms with van der Waals surface area (Å²) < 4.78 is 18.6. The molecule has 12 heteroatoms. The smallest absolute Gasteiger partial charge is 0.354 e. The summed E-state index contributed by atoms with van der Waals surface area (Å²) >= 11 is 4.19. The van der Waals surface area contributed by atoms with Crippen LogP contribution in [0.15, 0.2) is 59.5 Å². The number of aromatic nitrogens is 5. The molecule has 0 saturated carbocycles. The van der Waals surface area contributed by atoms with Crippen LogP contribution in [-0.2, 0) is 55.1 Å². The first kappa shape index (κ1) is 35.5. The van der Waals surface area contributed by atoms with Crippen LogP contribution in [0.1, 0.15) is 50.8 Å². The van der Waals surface area contributed by atoms with E-state index in [2.05, 4.69) is 83.1 Å². The lowest BCUT2D eigenvalue weighted by atomic mass is 9.94. The maximum Gasteiger partial charge on any atom is 0.354 e. The average molecular weight is 819 g/mol. The van der Waals surface area contributed by atoms with Gasteiger partial charge < -0.3 is 19.1 Å².